The molecule has 2 atom stereocenters. The van der Waals surface area contributed by atoms with Gasteiger partial charge in [-0.15, -0.1) is 0 Å². The Morgan fingerprint density at radius 3 is 2.64 bits per heavy atom. The molecule has 82 valence electrons. The van der Waals surface area contributed by atoms with Crippen LogP contribution < -0.4 is 5.32 Å². The average Bonchev–Trinajstić information content (AvgIpc) is 2.18. The Morgan fingerprint density at radius 1 is 1.29 bits per heavy atom. The summed E-state index contributed by atoms with van der Waals surface area (Å²) in [4.78, 5) is 2.62. The van der Waals surface area contributed by atoms with Gasteiger partial charge in [0, 0.05) is 19.1 Å². The van der Waals surface area contributed by atoms with Crippen molar-refractivity contribution in [1.82, 2.24) is 10.2 Å². The van der Waals surface area contributed by atoms with E-state index in [4.69, 9.17) is 4.74 Å². The molecule has 1 aliphatic carbocycles. The van der Waals surface area contributed by atoms with E-state index in [0.29, 0.717) is 0 Å². The van der Waals surface area contributed by atoms with Crippen LogP contribution >= 0.6 is 0 Å². The molecule has 14 heavy (non-hydrogen) atoms. The number of hydrogen-bond donors (Lipinski definition) is 1. The quantitative estimate of drug-likeness (QED) is 0.720. The Labute approximate surface area is 86.8 Å². The van der Waals surface area contributed by atoms with E-state index < -0.39 is 0 Å². The molecule has 2 fully saturated rings. The van der Waals surface area contributed by atoms with E-state index in [-0.39, 0.29) is 0 Å². The van der Waals surface area contributed by atoms with E-state index in [0.717, 1.165) is 44.8 Å². The summed E-state index contributed by atoms with van der Waals surface area (Å²) in [5, 5.41) is 3.46. The van der Waals surface area contributed by atoms with Gasteiger partial charge < -0.3 is 10.1 Å². The molecular formula is C11H22N2O. The molecule has 1 N–H and O–H groups in total. The van der Waals surface area contributed by atoms with E-state index in [1.54, 1.807) is 0 Å². The summed E-state index contributed by atoms with van der Waals surface area (Å²) in [6, 6.07) is 0.845. The third-order valence-corrected chi connectivity index (χ3v) is 3.55. The van der Waals surface area contributed by atoms with Crippen LogP contribution in [0.3, 0.4) is 0 Å². The molecule has 0 aromatic carbocycles. The fourth-order valence-electron chi connectivity index (χ4n) is 2.51. The van der Waals surface area contributed by atoms with Crippen LogP contribution in [-0.2, 0) is 4.74 Å². The second-order valence-electron chi connectivity index (χ2n) is 4.36. The highest BCUT2D eigenvalue weighted by Gasteiger charge is 2.35. The second kappa shape index (κ2) is 5.10. The molecule has 1 saturated heterocycles. The molecule has 1 aliphatic heterocycles. The number of ether oxygens (including phenoxy) is 1. The molecule has 0 spiro atoms. The van der Waals surface area contributed by atoms with Crippen LogP contribution in [-0.4, -0.2) is 50.3 Å². The Morgan fingerprint density at radius 2 is 2.07 bits per heavy atom. The van der Waals surface area contributed by atoms with Crippen molar-refractivity contribution < 1.29 is 4.74 Å². The minimum Gasteiger partial charge on any atom is -0.379 e. The Hall–Kier alpha value is -0.120. The maximum absolute atomic E-state index is 5.38. The van der Waals surface area contributed by atoms with Crippen molar-refractivity contribution >= 4 is 0 Å². The van der Waals surface area contributed by atoms with Gasteiger partial charge >= 0.3 is 0 Å². The number of nitrogens with one attached hydrogen (secondary N) is 1. The fraction of sp³-hybridized carbons (Fsp3) is 1.00. The first-order valence-electron chi connectivity index (χ1n) is 5.94. The lowest BCUT2D eigenvalue weighted by Gasteiger charge is -2.46. The molecular weight excluding hydrogens is 176 g/mol. The van der Waals surface area contributed by atoms with Crippen LogP contribution in [0.15, 0.2) is 0 Å². The summed E-state index contributed by atoms with van der Waals surface area (Å²) >= 11 is 0. The first-order chi connectivity index (χ1) is 6.92. The lowest BCUT2D eigenvalue weighted by Crippen LogP contribution is -2.53. The van der Waals surface area contributed by atoms with Gasteiger partial charge in [0.05, 0.1) is 13.2 Å². The lowest BCUT2D eigenvalue weighted by atomic mass is 9.78. The summed E-state index contributed by atoms with van der Waals surface area (Å²) in [6.45, 7) is 8.66. The second-order valence-corrected chi connectivity index (χ2v) is 4.36. The molecule has 1 saturated carbocycles. The highest BCUT2D eigenvalue weighted by molar-refractivity contribution is 4.90. The fourth-order valence-corrected chi connectivity index (χ4v) is 2.51. The van der Waals surface area contributed by atoms with E-state index in [9.17, 15) is 0 Å². The van der Waals surface area contributed by atoms with Crippen molar-refractivity contribution in [3.63, 3.8) is 0 Å². The van der Waals surface area contributed by atoms with Crippen molar-refractivity contribution in [3.05, 3.63) is 0 Å². The van der Waals surface area contributed by atoms with Gasteiger partial charge in [0.1, 0.15) is 0 Å². The normalized spacial score (nSPS) is 34.1. The largest absolute Gasteiger partial charge is 0.379 e. The maximum atomic E-state index is 5.38. The van der Waals surface area contributed by atoms with Crippen molar-refractivity contribution in [2.75, 3.05) is 39.4 Å². The van der Waals surface area contributed by atoms with Gasteiger partial charge in [-0.2, -0.15) is 0 Å². The van der Waals surface area contributed by atoms with Crippen molar-refractivity contribution in [2.45, 2.75) is 25.8 Å². The van der Waals surface area contributed by atoms with Crippen molar-refractivity contribution in [2.24, 2.45) is 5.92 Å². The number of rotatable bonds is 4. The monoisotopic (exact) mass is 198 g/mol. The van der Waals surface area contributed by atoms with Crippen LogP contribution in [0.5, 0.6) is 0 Å². The van der Waals surface area contributed by atoms with Gasteiger partial charge in [-0.25, -0.2) is 0 Å². The first-order valence-corrected chi connectivity index (χ1v) is 5.94. The minimum absolute atomic E-state index is 0.845. The highest BCUT2D eigenvalue weighted by atomic mass is 16.5. The van der Waals surface area contributed by atoms with E-state index in [1.807, 2.05) is 0 Å². The maximum Gasteiger partial charge on any atom is 0.0594 e. The topological polar surface area (TPSA) is 24.5 Å². The Balaban J connectivity index is 1.73. The smallest absolute Gasteiger partial charge is 0.0594 e. The molecule has 0 aromatic rings. The molecule has 3 heteroatoms. The molecule has 0 radical (unpaired) electrons. The highest BCUT2D eigenvalue weighted by Crippen LogP contribution is 2.31. The minimum atomic E-state index is 0.845. The zero-order chi connectivity index (χ0) is 9.80. The standard InChI is InChI=1S/C11H22N2O/c1-2-12-9-10-3-4-11(10)13-5-7-14-8-6-13/h10-12H,2-9H2,1H3. The van der Waals surface area contributed by atoms with Crippen LogP contribution in [0, 0.1) is 5.92 Å². The van der Waals surface area contributed by atoms with E-state index in [1.165, 1.54) is 19.4 Å². The SMILES string of the molecule is CCNCC1CCC1N1CCOCC1. The summed E-state index contributed by atoms with van der Waals surface area (Å²) < 4.78 is 5.38. The van der Waals surface area contributed by atoms with Gasteiger partial charge in [0.25, 0.3) is 0 Å². The number of morpholine rings is 1. The van der Waals surface area contributed by atoms with Gasteiger partial charge in [-0.05, 0) is 31.8 Å². The zero-order valence-corrected chi connectivity index (χ0v) is 9.17. The molecule has 0 amide bonds. The average molecular weight is 198 g/mol. The first kappa shape index (κ1) is 10.4. The van der Waals surface area contributed by atoms with E-state index in [2.05, 4.69) is 17.1 Å². The Kier molecular flexibility index (Phi) is 3.79. The van der Waals surface area contributed by atoms with Crippen molar-refractivity contribution in [3.8, 4) is 0 Å². The molecule has 0 bridgehead atoms. The summed E-state index contributed by atoms with van der Waals surface area (Å²) in [6.07, 6.45) is 2.81. The molecule has 3 nitrogen and oxygen atoms in total. The lowest BCUT2D eigenvalue weighted by molar-refractivity contribution is -0.0248. The van der Waals surface area contributed by atoms with Gasteiger partial charge in [0.15, 0.2) is 0 Å². The molecule has 1 heterocycles. The summed E-state index contributed by atoms with van der Waals surface area (Å²) in [5.74, 6) is 0.896. The van der Waals surface area contributed by atoms with E-state index >= 15 is 0 Å². The van der Waals surface area contributed by atoms with Crippen LogP contribution in [0.4, 0.5) is 0 Å². The zero-order valence-electron chi connectivity index (χ0n) is 9.17. The predicted molar refractivity (Wildman–Crippen MR) is 57.4 cm³/mol. The Bertz CT molecular complexity index is 169. The molecule has 0 aromatic heterocycles. The van der Waals surface area contributed by atoms with Crippen LogP contribution in [0.2, 0.25) is 0 Å². The molecule has 2 aliphatic rings. The molecule has 2 unspecified atom stereocenters. The summed E-state index contributed by atoms with van der Waals surface area (Å²) in [5.41, 5.74) is 0. The van der Waals surface area contributed by atoms with Crippen LogP contribution in [0.1, 0.15) is 19.8 Å². The molecule has 2 rings (SSSR count). The third kappa shape index (κ3) is 2.27. The number of nitrogens with zero attached hydrogens (tertiary/aromatic N) is 1. The van der Waals surface area contributed by atoms with Crippen molar-refractivity contribution in [1.29, 1.82) is 0 Å². The third-order valence-electron chi connectivity index (χ3n) is 3.55. The van der Waals surface area contributed by atoms with Gasteiger partial charge in [0.2, 0.25) is 0 Å². The predicted octanol–water partition coefficient (Wildman–Crippen LogP) is 0.707. The van der Waals surface area contributed by atoms with Crippen LogP contribution in [0.25, 0.3) is 0 Å². The summed E-state index contributed by atoms with van der Waals surface area (Å²) in [7, 11) is 0. The number of hydrogen-bond acceptors (Lipinski definition) is 3. The van der Waals surface area contributed by atoms with Gasteiger partial charge in [-0.3, -0.25) is 4.90 Å². The van der Waals surface area contributed by atoms with Gasteiger partial charge in [-0.1, -0.05) is 6.92 Å².